The van der Waals surface area contributed by atoms with Gasteiger partial charge in [-0.15, -0.1) is 11.8 Å². The van der Waals surface area contributed by atoms with Crippen LogP contribution < -0.4 is 81.4 Å². The van der Waals surface area contributed by atoms with E-state index in [2.05, 4.69) is 96.0 Å². The average Bonchev–Trinajstić information content (AvgIpc) is 1.57. The van der Waals surface area contributed by atoms with Crippen molar-refractivity contribution >= 4 is 150 Å². The summed E-state index contributed by atoms with van der Waals surface area (Å²) in [5, 5.41) is 58.3. The van der Waals surface area contributed by atoms with Crippen molar-refractivity contribution in [3.63, 3.8) is 0 Å². The lowest BCUT2D eigenvalue weighted by atomic mass is 10.00. The second-order valence-electron chi connectivity index (χ2n) is 27.8. The van der Waals surface area contributed by atoms with Crippen LogP contribution in [0.1, 0.15) is 59.7 Å². The number of carbonyl (C=O) groups excluding carboxylic acids is 13. The van der Waals surface area contributed by atoms with Crippen molar-refractivity contribution in [2.24, 2.45) is 22.9 Å². The summed E-state index contributed by atoms with van der Waals surface area (Å²) in [6, 6.07) is 15.8. The summed E-state index contributed by atoms with van der Waals surface area (Å²) < 4.78 is 0.829. The number of thioether (sulfide) groups is 1. The number of rotatable bonds is 23. The van der Waals surface area contributed by atoms with Crippen molar-refractivity contribution in [2.75, 3.05) is 36.1 Å². The van der Waals surface area contributed by atoms with E-state index in [1.165, 1.54) is 60.7 Å². The molecule has 0 radical (unpaired) electrons. The van der Waals surface area contributed by atoms with Gasteiger partial charge in [-0.05, 0) is 119 Å². The number of carbonyl (C=O) groups is 13. The minimum absolute atomic E-state index is 0.0468. The molecule has 3 saturated heterocycles. The number of nitrogens with zero attached hydrogens (tertiary/aromatic N) is 2. The molecular formula is C77H93IN20O15S3. The molecule has 13 amide bonds. The third-order valence-electron chi connectivity index (χ3n) is 18.9. The van der Waals surface area contributed by atoms with Crippen LogP contribution in [0.3, 0.4) is 0 Å². The van der Waals surface area contributed by atoms with Gasteiger partial charge in [0, 0.05) is 95.4 Å². The number of benzene rings is 5. The number of halogens is 1. The number of guanidine groups is 1. The second kappa shape index (κ2) is 43.3. The fourth-order valence-electron chi connectivity index (χ4n) is 12.7. The highest BCUT2D eigenvalue weighted by molar-refractivity contribution is 14.1. The van der Waals surface area contributed by atoms with Gasteiger partial charge in [0.1, 0.15) is 71.9 Å². The van der Waals surface area contributed by atoms with Gasteiger partial charge in [0.2, 0.25) is 76.8 Å². The Morgan fingerprint density at radius 3 is 1.86 bits per heavy atom. The van der Waals surface area contributed by atoms with Crippen molar-refractivity contribution in [1.82, 2.24) is 78.3 Å². The molecule has 616 valence electrons. The normalized spacial score (nSPS) is 22.1. The summed E-state index contributed by atoms with van der Waals surface area (Å²) in [7, 11) is 1.79. The SMILES string of the molecule is C[C@@H]1NC(=O)[C@H](CC(N)=O)NC(=O)[C@H](Cc2c[nH]c3ccccc23)N2C[C@H](CCCNC(=N)N)NC(=O)[C@@H](CSCC2=O)NC(=O)[C@@H](Cc2ccc(I)cc2)NC(=O)[C@H](Cc2c[nH]cn2)NC(=O)[C@@H](NC(=O)[C@@H](N)Cc2ccc(O)cc2)CSSC[C@@H](C(=O)N[C@@H](Cc2ccc(O)cc2)C(N)=O)NC(=O)[C@H](Cc2ccccc2)NC1=O. The lowest BCUT2D eigenvalue weighted by molar-refractivity contribution is -0.141. The van der Waals surface area contributed by atoms with E-state index in [-0.39, 0.29) is 92.6 Å². The molecular weight excluding hydrogens is 1670 g/mol. The first-order valence-electron chi connectivity index (χ1n) is 37.0. The van der Waals surface area contributed by atoms with Crippen LogP contribution in [0, 0.1) is 8.98 Å². The van der Waals surface area contributed by atoms with Crippen molar-refractivity contribution in [1.29, 1.82) is 5.41 Å². The molecule has 7 aromatic rings. The van der Waals surface area contributed by atoms with Gasteiger partial charge in [-0.2, -0.15) is 0 Å². The lowest BCUT2D eigenvalue weighted by Gasteiger charge is -2.36. The van der Waals surface area contributed by atoms with Gasteiger partial charge in [0.25, 0.3) is 0 Å². The Balaban J connectivity index is 1.13. The molecule has 3 aliphatic rings. The number of phenols is 2. The minimum atomic E-state index is -1.84. The first-order chi connectivity index (χ1) is 55.5. The highest BCUT2D eigenvalue weighted by atomic mass is 127. The summed E-state index contributed by atoms with van der Waals surface area (Å²) in [4.78, 5) is 203. The molecule has 10 rings (SSSR count). The van der Waals surface area contributed by atoms with Crippen molar-refractivity contribution in [3.8, 4) is 11.5 Å². The van der Waals surface area contributed by atoms with Crippen molar-refractivity contribution in [2.45, 2.75) is 137 Å². The fraction of sp³-hybridized carbons (Fsp3) is 0.364. The average molecular weight is 1760 g/mol. The monoisotopic (exact) mass is 1760 g/mol. The molecule has 2 aromatic heterocycles. The Kier molecular flexibility index (Phi) is 33.1. The van der Waals surface area contributed by atoms with Gasteiger partial charge < -0.3 is 107 Å². The Bertz CT molecular complexity index is 4630. The first kappa shape index (κ1) is 88.5. The molecule has 0 saturated carbocycles. The maximum absolute atomic E-state index is 15.5. The third-order valence-corrected chi connectivity index (χ3v) is 23.1. The van der Waals surface area contributed by atoms with E-state index in [1.54, 1.807) is 97.2 Å². The second-order valence-corrected chi connectivity index (χ2v) is 32.7. The van der Waals surface area contributed by atoms with Crippen LogP contribution in [0.5, 0.6) is 11.5 Å². The smallest absolute Gasteiger partial charge is 0.244 e. The van der Waals surface area contributed by atoms with Crippen LogP contribution in [0.4, 0.5) is 0 Å². The predicted molar refractivity (Wildman–Crippen MR) is 444 cm³/mol. The maximum Gasteiger partial charge on any atom is 0.244 e. The van der Waals surface area contributed by atoms with Gasteiger partial charge in [0.05, 0.1) is 30.2 Å². The number of aromatic nitrogens is 3. The van der Waals surface area contributed by atoms with Crippen molar-refractivity contribution in [3.05, 3.63) is 183 Å². The molecule has 5 aromatic carbocycles. The van der Waals surface area contributed by atoms with E-state index in [0.717, 1.165) is 36.9 Å². The van der Waals surface area contributed by atoms with Crippen LogP contribution in [-0.4, -0.2) is 221 Å². The minimum Gasteiger partial charge on any atom is -0.508 e. The Hall–Kier alpha value is -11.4. The zero-order valence-electron chi connectivity index (χ0n) is 62.9. The van der Waals surface area contributed by atoms with Crippen LogP contribution >= 0.6 is 55.9 Å². The fourth-order valence-corrected chi connectivity index (χ4v) is 16.3. The van der Waals surface area contributed by atoms with E-state index in [1.807, 2.05) is 0 Å². The van der Waals surface area contributed by atoms with Crippen molar-refractivity contribution < 1.29 is 72.5 Å². The Morgan fingerprint density at radius 2 is 1.21 bits per heavy atom. The van der Waals surface area contributed by atoms with Gasteiger partial charge in [-0.25, -0.2) is 4.98 Å². The van der Waals surface area contributed by atoms with Gasteiger partial charge in [-0.1, -0.05) is 107 Å². The van der Waals surface area contributed by atoms with Gasteiger partial charge >= 0.3 is 0 Å². The van der Waals surface area contributed by atoms with E-state index in [0.29, 0.717) is 38.7 Å². The molecule has 3 fully saturated rings. The Morgan fingerprint density at radius 1 is 0.621 bits per heavy atom. The van der Waals surface area contributed by atoms with E-state index in [9.17, 15) is 39.0 Å². The highest BCUT2D eigenvalue weighted by Crippen LogP contribution is 2.27. The van der Waals surface area contributed by atoms with Crippen LogP contribution in [0.25, 0.3) is 10.9 Å². The molecule has 2 bridgehead atoms. The van der Waals surface area contributed by atoms with Gasteiger partial charge in [-0.3, -0.25) is 67.7 Å². The number of imidazole rings is 1. The summed E-state index contributed by atoms with van der Waals surface area (Å²) in [6.45, 7) is 0.940. The van der Waals surface area contributed by atoms with Gasteiger partial charge in [0.15, 0.2) is 5.96 Å². The quantitative estimate of drug-likeness (QED) is 0.00895. The number of nitrogens with one attached hydrogen (secondary N) is 14. The summed E-state index contributed by atoms with van der Waals surface area (Å²) in [5.41, 5.74) is 27.3. The number of H-pyrrole nitrogens is 2. The number of hydrogen-bond acceptors (Lipinski definition) is 21. The molecule has 3 aliphatic heterocycles. The zero-order chi connectivity index (χ0) is 83.5. The number of nitrogens with two attached hydrogens (primary N) is 4. The summed E-state index contributed by atoms with van der Waals surface area (Å²) in [5.74, 6) is -14.2. The lowest BCUT2D eigenvalue weighted by Crippen LogP contribution is -2.62. The number of primary amides is 2. The Labute approximate surface area is 692 Å². The number of para-hydroxylation sites is 1. The van der Waals surface area contributed by atoms with E-state index >= 15 is 33.6 Å². The molecule has 0 spiro atoms. The molecule has 116 heavy (non-hydrogen) atoms. The van der Waals surface area contributed by atoms with E-state index in [4.69, 9.17) is 28.3 Å². The predicted octanol–water partition coefficient (Wildman–Crippen LogP) is -1.18. The topological polar surface area (TPSA) is 570 Å². The molecule has 24 N–H and O–H groups in total. The molecule has 0 aliphatic carbocycles. The molecule has 12 atom stereocenters. The largest absolute Gasteiger partial charge is 0.508 e. The van der Waals surface area contributed by atoms with Crippen LogP contribution in [0.15, 0.2) is 146 Å². The molecule has 5 heterocycles. The first-order valence-corrected chi connectivity index (χ1v) is 41.7. The zero-order valence-corrected chi connectivity index (χ0v) is 67.5. The number of amides is 13. The number of phenolic OH excluding ortho intramolecular Hbond substituents is 2. The number of aromatic amines is 2. The third kappa shape index (κ3) is 27.1. The summed E-state index contributed by atoms with van der Waals surface area (Å²) in [6.07, 6.45) is 2.51. The summed E-state index contributed by atoms with van der Waals surface area (Å²) >= 11 is 3.02. The number of fused-ring (bicyclic) bond motifs is 32. The molecule has 35 nitrogen and oxygen atoms in total. The van der Waals surface area contributed by atoms with Crippen LogP contribution in [-0.2, 0) is 101 Å². The molecule has 39 heteroatoms. The standard InChI is InChI=1S/C77H93IN20O15S3/c1-41-67(104)91-56(28-42-8-3-2-4-9-42)70(107)97-62(74(111)90-55(66(81)103)27-45-17-23-51(100)24-18-45)38-116-115-37-61(95-68(105)53(79)26-43-15-21-50(99)22-16-43)75(112)93-58(31-49-34-84-40-87-49)72(109)92-57(29-44-13-19-47(78)20-14-44)71(108)96-60-36-114-39-65(102)98(35-48(89-73(60)110)10-7-25-85-77(82)83)63(30-46-33-86-54-12-6-5-11-52(46)54)76(113)94-59(32-64(80)101)69(106)88-41/h2-6,8-9,11-24,33-34,40-41,48,53,55-63,86,99-100H,7,10,25-32,35-39,79H2,1H3,(H2,80,101)(H2,81,103)(H,84,87)(H,88,106)(H,89,110)(H,90,111)(H,91,104)(H,92,109)(H,93,112)(H,94,113)(H,95,105)(H,96,108)(H,97,107)(H4,82,83,85)/t41-,48-,53-,55-,56-,57+,58-,59-,60+,61-,62-,63-/m0/s1. The maximum atomic E-state index is 15.5. The number of aromatic hydroxyl groups is 2. The highest BCUT2D eigenvalue weighted by Gasteiger charge is 2.40. The molecule has 0 unspecified atom stereocenters. The van der Waals surface area contributed by atoms with E-state index < -0.39 is 174 Å². The number of hydrogen-bond donors (Lipinski definition) is 20. The van der Waals surface area contributed by atoms with Crippen LogP contribution in [0.2, 0.25) is 0 Å².